The van der Waals surface area contributed by atoms with Crippen molar-refractivity contribution in [3.8, 4) is 0 Å². The molecule has 1 aliphatic rings. The standard InChI is InChI=1S/C10H19N5O4S2/c1-11-7-9-8-12-13-10(9)21(18,19)15-5-3-14(4-6-15)20(2,16)17/h8,11H,3-7H2,1-2H3,(H,12,13). The second kappa shape index (κ2) is 6.01. The Morgan fingerprint density at radius 1 is 1.19 bits per heavy atom. The maximum atomic E-state index is 12.6. The molecule has 0 aromatic carbocycles. The van der Waals surface area contributed by atoms with Crippen molar-refractivity contribution in [2.45, 2.75) is 11.6 Å². The quantitative estimate of drug-likeness (QED) is 0.668. The molecule has 1 aliphatic heterocycles. The van der Waals surface area contributed by atoms with Gasteiger partial charge in [-0.2, -0.15) is 13.7 Å². The molecular formula is C10H19N5O4S2. The third kappa shape index (κ3) is 3.43. The smallest absolute Gasteiger partial charge is 0.260 e. The van der Waals surface area contributed by atoms with E-state index in [1.807, 2.05) is 0 Å². The van der Waals surface area contributed by atoms with Crippen LogP contribution in [0.25, 0.3) is 0 Å². The van der Waals surface area contributed by atoms with Gasteiger partial charge < -0.3 is 5.32 Å². The van der Waals surface area contributed by atoms with E-state index in [2.05, 4.69) is 15.5 Å². The van der Waals surface area contributed by atoms with Gasteiger partial charge in [0.2, 0.25) is 10.0 Å². The van der Waals surface area contributed by atoms with Gasteiger partial charge in [0.05, 0.1) is 12.5 Å². The number of piperazine rings is 1. The van der Waals surface area contributed by atoms with Gasteiger partial charge in [-0.1, -0.05) is 0 Å². The van der Waals surface area contributed by atoms with E-state index in [0.29, 0.717) is 12.1 Å². The third-order valence-electron chi connectivity index (χ3n) is 3.31. The molecule has 0 unspecified atom stereocenters. The topological polar surface area (TPSA) is 115 Å². The van der Waals surface area contributed by atoms with Crippen LogP contribution in [0.2, 0.25) is 0 Å². The van der Waals surface area contributed by atoms with Crippen LogP contribution >= 0.6 is 0 Å². The Morgan fingerprint density at radius 2 is 1.76 bits per heavy atom. The van der Waals surface area contributed by atoms with Crippen LogP contribution in [0.1, 0.15) is 5.56 Å². The van der Waals surface area contributed by atoms with E-state index in [9.17, 15) is 16.8 Å². The zero-order chi connectivity index (χ0) is 15.7. The molecule has 0 radical (unpaired) electrons. The number of hydrogen-bond donors (Lipinski definition) is 2. The fraction of sp³-hybridized carbons (Fsp3) is 0.700. The van der Waals surface area contributed by atoms with Crippen LogP contribution in [0.15, 0.2) is 11.2 Å². The van der Waals surface area contributed by atoms with Crippen molar-refractivity contribution in [1.29, 1.82) is 0 Å². The molecule has 0 amide bonds. The lowest BCUT2D eigenvalue weighted by Crippen LogP contribution is -2.50. The summed E-state index contributed by atoms with van der Waals surface area (Å²) in [5.41, 5.74) is 0.558. The molecule has 120 valence electrons. The van der Waals surface area contributed by atoms with Gasteiger partial charge in [-0.15, -0.1) is 0 Å². The first-order valence-electron chi connectivity index (χ1n) is 6.39. The molecule has 0 aliphatic carbocycles. The molecule has 1 aromatic rings. The van der Waals surface area contributed by atoms with Gasteiger partial charge in [-0.3, -0.25) is 5.10 Å². The number of sulfonamides is 2. The summed E-state index contributed by atoms with van der Waals surface area (Å²) in [7, 11) is -5.25. The molecule has 0 saturated carbocycles. The lowest BCUT2D eigenvalue weighted by molar-refractivity contribution is 0.273. The van der Waals surface area contributed by atoms with Gasteiger partial charge in [0.15, 0.2) is 5.03 Å². The summed E-state index contributed by atoms with van der Waals surface area (Å²) in [4.78, 5) is 0. The fourth-order valence-electron chi connectivity index (χ4n) is 2.21. The number of rotatable bonds is 5. The van der Waals surface area contributed by atoms with Gasteiger partial charge in [-0.25, -0.2) is 16.8 Å². The Hall–Kier alpha value is -1.01. The number of aromatic amines is 1. The summed E-state index contributed by atoms with van der Waals surface area (Å²) >= 11 is 0. The van der Waals surface area contributed by atoms with E-state index in [1.165, 1.54) is 14.8 Å². The van der Waals surface area contributed by atoms with Crippen molar-refractivity contribution in [3.05, 3.63) is 11.8 Å². The molecule has 9 nitrogen and oxygen atoms in total. The Bertz CT molecular complexity index is 689. The monoisotopic (exact) mass is 337 g/mol. The van der Waals surface area contributed by atoms with E-state index in [1.54, 1.807) is 7.05 Å². The van der Waals surface area contributed by atoms with Gasteiger partial charge in [-0.05, 0) is 7.05 Å². The SMILES string of the molecule is CNCc1cn[nH]c1S(=O)(=O)N1CCN(S(C)(=O)=O)CC1. The highest BCUT2D eigenvalue weighted by Gasteiger charge is 2.33. The predicted molar refractivity (Wildman–Crippen MR) is 76.5 cm³/mol. The molecule has 1 aromatic heterocycles. The minimum absolute atomic E-state index is 0.0599. The molecule has 2 rings (SSSR count). The first kappa shape index (κ1) is 16.4. The Balaban J connectivity index is 2.17. The van der Waals surface area contributed by atoms with Crippen molar-refractivity contribution < 1.29 is 16.8 Å². The Morgan fingerprint density at radius 3 is 2.29 bits per heavy atom. The first-order valence-corrected chi connectivity index (χ1v) is 9.68. The fourth-order valence-corrected chi connectivity index (χ4v) is 4.56. The lowest BCUT2D eigenvalue weighted by Gasteiger charge is -2.32. The highest BCUT2D eigenvalue weighted by Crippen LogP contribution is 2.19. The summed E-state index contributed by atoms with van der Waals surface area (Å²) in [6.07, 6.45) is 2.59. The Kier molecular flexibility index (Phi) is 4.68. The molecule has 2 heterocycles. The van der Waals surface area contributed by atoms with Crippen LogP contribution in [-0.4, -0.2) is 75.1 Å². The highest BCUT2D eigenvalue weighted by molar-refractivity contribution is 7.89. The van der Waals surface area contributed by atoms with E-state index in [4.69, 9.17) is 0 Å². The van der Waals surface area contributed by atoms with Crippen LogP contribution < -0.4 is 5.32 Å². The maximum Gasteiger partial charge on any atom is 0.260 e. The van der Waals surface area contributed by atoms with Crippen LogP contribution in [0.3, 0.4) is 0 Å². The summed E-state index contributed by atoms with van der Waals surface area (Å²) in [6, 6.07) is 0. The van der Waals surface area contributed by atoms with Gasteiger partial charge in [0.1, 0.15) is 0 Å². The molecule has 2 N–H and O–H groups in total. The first-order chi connectivity index (χ1) is 9.76. The summed E-state index contributed by atoms with van der Waals surface area (Å²) in [5, 5.41) is 9.24. The van der Waals surface area contributed by atoms with Crippen LogP contribution in [0.4, 0.5) is 0 Å². The van der Waals surface area contributed by atoms with E-state index >= 15 is 0 Å². The molecule has 21 heavy (non-hydrogen) atoms. The molecule has 0 atom stereocenters. The van der Waals surface area contributed by atoms with Gasteiger partial charge in [0, 0.05) is 38.3 Å². The van der Waals surface area contributed by atoms with E-state index < -0.39 is 20.0 Å². The lowest BCUT2D eigenvalue weighted by atomic mass is 10.4. The molecule has 1 saturated heterocycles. The van der Waals surface area contributed by atoms with Gasteiger partial charge in [0.25, 0.3) is 10.0 Å². The summed E-state index contributed by atoms with van der Waals surface area (Å²) in [5.74, 6) is 0. The Labute approximate surface area is 124 Å². The molecule has 11 heteroatoms. The average molecular weight is 337 g/mol. The molecule has 0 spiro atoms. The predicted octanol–water partition coefficient (Wildman–Crippen LogP) is -1.60. The second-order valence-corrected chi connectivity index (χ2v) is 8.68. The molecule has 0 bridgehead atoms. The third-order valence-corrected chi connectivity index (χ3v) is 6.53. The normalized spacial score (nSPS) is 19.0. The largest absolute Gasteiger partial charge is 0.316 e. The number of nitrogens with one attached hydrogen (secondary N) is 2. The zero-order valence-corrected chi connectivity index (χ0v) is 13.5. The van der Waals surface area contributed by atoms with Crippen molar-refractivity contribution in [2.75, 3.05) is 39.5 Å². The minimum atomic E-state index is -3.69. The number of nitrogens with zero attached hydrogens (tertiary/aromatic N) is 3. The second-order valence-electron chi connectivity index (χ2n) is 4.82. The minimum Gasteiger partial charge on any atom is -0.316 e. The van der Waals surface area contributed by atoms with Crippen molar-refractivity contribution in [2.24, 2.45) is 0 Å². The molecule has 1 fully saturated rings. The summed E-state index contributed by atoms with van der Waals surface area (Å²) < 4.78 is 50.6. The van der Waals surface area contributed by atoms with E-state index in [-0.39, 0.29) is 31.2 Å². The van der Waals surface area contributed by atoms with Crippen LogP contribution in [-0.2, 0) is 26.6 Å². The number of hydrogen-bond acceptors (Lipinski definition) is 6. The van der Waals surface area contributed by atoms with Crippen molar-refractivity contribution in [1.82, 2.24) is 24.1 Å². The average Bonchev–Trinajstić information content (AvgIpc) is 2.87. The maximum absolute atomic E-state index is 12.6. The summed E-state index contributed by atoms with van der Waals surface area (Å²) in [6.45, 7) is 0.969. The van der Waals surface area contributed by atoms with E-state index in [0.717, 1.165) is 6.26 Å². The number of aromatic nitrogens is 2. The van der Waals surface area contributed by atoms with Crippen molar-refractivity contribution in [3.63, 3.8) is 0 Å². The van der Waals surface area contributed by atoms with Crippen LogP contribution in [0.5, 0.6) is 0 Å². The highest BCUT2D eigenvalue weighted by atomic mass is 32.2. The van der Waals surface area contributed by atoms with Crippen LogP contribution in [0, 0.1) is 0 Å². The zero-order valence-electron chi connectivity index (χ0n) is 11.9. The molecular weight excluding hydrogens is 318 g/mol. The van der Waals surface area contributed by atoms with Crippen molar-refractivity contribution >= 4 is 20.0 Å². The number of H-pyrrole nitrogens is 1. The van der Waals surface area contributed by atoms with Gasteiger partial charge >= 0.3 is 0 Å².